The van der Waals surface area contributed by atoms with Crippen molar-refractivity contribution in [2.24, 2.45) is 0 Å². The monoisotopic (exact) mass is 388 g/mol. The third-order valence-electron chi connectivity index (χ3n) is 6.08. The van der Waals surface area contributed by atoms with E-state index in [1.165, 1.54) is 66.2 Å². The van der Waals surface area contributed by atoms with Crippen molar-refractivity contribution in [1.29, 1.82) is 0 Å². The van der Waals surface area contributed by atoms with Crippen molar-refractivity contribution < 1.29 is 4.98 Å². The number of rotatable bonds is 2. The lowest BCUT2D eigenvalue weighted by Gasteiger charge is -2.13. The summed E-state index contributed by atoms with van der Waals surface area (Å²) in [5.74, 6) is 0. The van der Waals surface area contributed by atoms with Crippen LogP contribution in [0.4, 0.5) is 0 Å². The number of aryl methyl sites for hydroxylation is 4. The highest BCUT2D eigenvalue weighted by atomic mass is 14.7. The Hall–Kier alpha value is -3.45. The van der Waals surface area contributed by atoms with E-state index >= 15 is 0 Å². The Bertz CT molecular complexity index is 1400. The van der Waals surface area contributed by atoms with Gasteiger partial charge in [-0.05, 0) is 85.0 Å². The molecule has 0 aliphatic heterocycles. The van der Waals surface area contributed by atoms with E-state index in [1.54, 1.807) is 0 Å². The zero-order valence-electron chi connectivity index (χ0n) is 18.0. The Balaban J connectivity index is 1.72. The van der Waals surface area contributed by atoms with E-state index in [0.717, 1.165) is 0 Å². The first-order valence-electron chi connectivity index (χ1n) is 10.5. The van der Waals surface area contributed by atoms with Gasteiger partial charge in [-0.1, -0.05) is 53.6 Å². The van der Waals surface area contributed by atoms with Gasteiger partial charge < -0.3 is 0 Å². The average molecular weight is 389 g/mol. The molecule has 1 heteroatoms. The molecular formula is C29H26N+. The molecule has 4 aromatic carbocycles. The first-order valence-corrected chi connectivity index (χ1v) is 10.5. The fourth-order valence-corrected chi connectivity index (χ4v) is 4.87. The van der Waals surface area contributed by atoms with Crippen molar-refractivity contribution in [1.82, 2.24) is 0 Å². The molecule has 0 bridgehead atoms. The molecule has 0 fully saturated rings. The second-order valence-electron chi connectivity index (χ2n) is 8.46. The molecular weight excluding hydrogens is 362 g/mol. The van der Waals surface area contributed by atoms with E-state index in [4.69, 9.17) is 0 Å². The van der Waals surface area contributed by atoms with E-state index in [1.807, 2.05) is 0 Å². The van der Waals surface area contributed by atoms with Gasteiger partial charge in [0.2, 0.25) is 5.69 Å². The molecule has 0 saturated carbocycles. The van der Waals surface area contributed by atoms with Crippen LogP contribution in [-0.2, 0) is 0 Å². The molecule has 5 rings (SSSR count). The highest BCUT2D eigenvalue weighted by Crippen LogP contribution is 2.35. The highest BCUT2D eigenvalue weighted by molar-refractivity contribution is 6.11. The van der Waals surface area contributed by atoms with Gasteiger partial charge in [-0.15, -0.1) is 0 Å². The molecule has 0 amide bonds. The smallest absolute Gasteiger partial charge is 0.211 e. The van der Waals surface area contributed by atoms with Gasteiger partial charge in [-0.25, -0.2) is 4.98 Å². The van der Waals surface area contributed by atoms with Crippen LogP contribution >= 0.6 is 0 Å². The summed E-state index contributed by atoms with van der Waals surface area (Å²) in [4.78, 5) is 3.48. The van der Waals surface area contributed by atoms with Crippen molar-refractivity contribution in [2.75, 3.05) is 0 Å². The lowest BCUT2D eigenvalue weighted by Crippen LogP contribution is -2.06. The number of fused-ring (bicyclic) bond motifs is 3. The van der Waals surface area contributed by atoms with Crippen LogP contribution in [0, 0.1) is 27.7 Å². The predicted octanol–water partition coefficient (Wildman–Crippen LogP) is 7.37. The molecule has 0 spiro atoms. The van der Waals surface area contributed by atoms with Gasteiger partial charge in [0.1, 0.15) is 0 Å². The van der Waals surface area contributed by atoms with Gasteiger partial charge in [0, 0.05) is 17.0 Å². The Kier molecular flexibility index (Phi) is 4.40. The predicted molar refractivity (Wildman–Crippen MR) is 128 cm³/mol. The minimum atomic E-state index is 1.17. The molecule has 0 unspecified atom stereocenters. The topological polar surface area (TPSA) is 14.1 Å². The van der Waals surface area contributed by atoms with Gasteiger partial charge in [-0.2, -0.15) is 0 Å². The molecule has 0 aliphatic rings. The van der Waals surface area contributed by atoms with Gasteiger partial charge in [-0.3, -0.25) is 0 Å². The minimum absolute atomic E-state index is 1.17. The SMILES string of the molecule is Cc1cccc(-c2[nH+]ccc3c2ccc2cc(-c4c(C)cc(C)cc4C)ccc23)c1. The molecule has 1 N–H and O–H groups in total. The number of pyridine rings is 1. The Morgan fingerprint density at radius 1 is 0.567 bits per heavy atom. The van der Waals surface area contributed by atoms with Crippen LogP contribution in [0.25, 0.3) is 43.9 Å². The van der Waals surface area contributed by atoms with Crippen molar-refractivity contribution in [3.05, 3.63) is 101 Å². The summed E-state index contributed by atoms with van der Waals surface area (Å²) in [5.41, 5.74) is 10.3. The van der Waals surface area contributed by atoms with Gasteiger partial charge in [0.25, 0.3) is 0 Å². The van der Waals surface area contributed by atoms with Crippen molar-refractivity contribution >= 4 is 21.5 Å². The quantitative estimate of drug-likeness (QED) is 0.280. The molecule has 1 aromatic heterocycles. The third-order valence-corrected chi connectivity index (χ3v) is 6.08. The van der Waals surface area contributed by atoms with E-state index in [0.29, 0.717) is 0 Å². The fraction of sp³-hybridized carbons (Fsp3) is 0.138. The van der Waals surface area contributed by atoms with Crippen LogP contribution in [0.15, 0.2) is 79.0 Å². The molecule has 30 heavy (non-hydrogen) atoms. The summed E-state index contributed by atoms with van der Waals surface area (Å²) in [6, 6.07) is 26.8. The molecule has 0 aliphatic carbocycles. The van der Waals surface area contributed by atoms with Crippen LogP contribution in [-0.4, -0.2) is 0 Å². The normalized spacial score (nSPS) is 11.3. The van der Waals surface area contributed by atoms with E-state index in [2.05, 4.69) is 112 Å². The molecule has 5 aromatic rings. The van der Waals surface area contributed by atoms with Crippen LogP contribution in [0.5, 0.6) is 0 Å². The van der Waals surface area contributed by atoms with Gasteiger partial charge in [0.05, 0.1) is 5.39 Å². The number of nitrogens with one attached hydrogen (secondary N) is 1. The van der Waals surface area contributed by atoms with E-state index in [-0.39, 0.29) is 0 Å². The standard InChI is InChI=1S/C29H25N/c1-18-6-5-7-24(16-18)29-27-11-8-22-17-23(9-10-25(22)26(27)12-13-30-29)28-20(3)14-19(2)15-21(28)4/h5-17H,1-4H3/p+1. The summed E-state index contributed by atoms with van der Waals surface area (Å²) in [6.07, 6.45) is 2.06. The lowest BCUT2D eigenvalue weighted by atomic mass is 9.91. The van der Waals surface area contributed by atoms with Crippen LogP contribution < -0.4 is 4.98 Å². The van der Waals surface area contributed by atoms with Crippen molar-refractivity contribution in [3.63, 3.8) is 0 Å². The Morgan fingerprint density at radius 2 is 1.33 bits per heavy atom. The molecule has 0 radical (unpaired) electrons. The molecule has 0 atom stereocenters. The maximum absolute atomic E-state index is 3.48. The van der Waals surface area contributed by atoms with Gasteiger partial charge >= 0.3 is 0 Å². The lowest BCUT2D eigenvalue weighted by molar-refractivity contribution is -0.362. The highest BCUT2D eigenvalue weighted by Gasteiger charge is 2.14. The van der Waals surface area contributed by atoms with Crippen LogP contribution in [0.3, 0.4) is 0 Å². The minimum Gasteiger partial charge on any atom is -0.211 e. The summed E-state index contributed by atoms with van der Waals surface area (Å²) >= 11 is 0. The number of benzene rings is 4. The van der Waals surface area contributed by atoms with Crippen LogP contribution in [0.1, 0.15) is 22.3 Å². The zero-order chi connectivity index (χ0) is 20.8. The first-order chi connectivity index (χ1) is 14.5. The first kappa shape index (κ1) is 18.6. The van der Waals surface area contributed by atoms with Crippen molar-refractivity contribution in [2.45, 2.75) is 27.7 Å². The average Bonchev–Trinajstić information content (AvgIpc) is 2.72. The number of aromatic nitrogens is 1. The summed E-state index contributed by atoms with van der Waals surface area (Å²) in [5, 5.41) is 5.11. The number of aromatic amines is 1. The maximum Gasteiger partial charge on any atom is 0.218 e. The number of hydrogen-bond acceptors (Lipinski definition) is 0. The Labute approximate surface area is 178 Å². The third kappa shape index (κ3) is 3.07. The fourth-order valence-electron chi connectivity index (χ4n) is 4.87. The largest absolute Gasteiger partial charge is 0.218 e. The van der Waals surface area contributed by atoms with E-state index < -0.39 is 0 Å². The number of H-pyrrole nitrogens is 1. The summed E-state index contributed by atoms with van der Waals surface area (Å²) < 4.78 is 0. The maximum atomic E-state index is 3.48. The zero-order valence-corrected chi connectivity index (χ0v) is 18.0. The summed E-state index contributed by atoms with van der Waals surface area (Å²) in [6.45, 7) is 8.73. The molecule has 1 heterocycles. The second kappa shape index (κ2) is 7.11. The number of hydrogen-bond donors (Lipinski definition) is 0. The van der Waals surface area contributed by atoms with E-state index in [9.17, 15) is 0 Å². The molecule has 146 valence electrons. The molecule has 0 saturated heterocycles. The van der Waals surface area contributed by atoms with Gasteiger partial charge in [0.15, 0.2) is 6.20 Å². The second-order valence-corrected chi connectivity index (χ2v) is 8.46. The molecule has 1 nitrogen and oxygen atoms in total. The Morgan fingerprint density at radius 3 is 2.10 bits per heavy atom. The summed E-state index contributed by atoms with van der Waals surface area (Å²) in [7, 11) is 0. The van der Waals surface area contributed by atoms with Crippen molar-refractivity contribution in [3.8, 4) is 22.4 Å². The van der Waals surface area contributed by atoms with Crippen LogP contribution in [0.2, 0.25) is 0 Å².